The Kier molecular flexibility index (Phi) is 5.43. The molecule has 0 aromatic heterocycles. The van der Waals surface area contributed by atoms with Crippen molar-refractivity contribution >= 4 is 27.5 Å². The summed E-state index contributed by atoms with van der Waals surface area (Å²) in [4.78, 5) is 13.6. The first-order valence-corrected chi connectivity index (χ1v) is 7.98. The second-order valence-electron chi connectivity index (χ2n) is 5.27. The molecule has 1 aromatic rings. The van der Waals surface area contributed by atoms with Crippen LogP contribution in [-0.2, 0) is 0 Å². The highest BCUT2D eigenvalue weighted by molar-refractivity contribution is 9.10. The third kappa shape index (κ3) is 3.73. The molecule has 1 atom stereocenters. The second kappa shape index (κ2) is 7.09. The summed E-state index contributed by atoms with van der Waals surface area (Å²) in [5.74, 6) is -0.392. The predicted octanol–water partition coefficient (Wildman–Crippen LogP) is 2.52. The van der Waals surface area contributed by atoms with Crippen molar-refractivity contribution in [2.75, 3.05) is 24.5 Å². The van der Waals surface area contributed by atoms with Crippen LogP contribution in [0.25, 0.3) is 0 Å². The summed E-state index contributed by atoms with van der Waals surface area (Å²) < 4.78 is 0.931. The lowest BCUT2D eigenvalue weighted by Gasteiger charge is -2.28. The molecule has 4 nitrogen and oxygen atoms in total. The lowest BCUT2D eigenvalue weighted by Crippen LogP contribution is -2.38. The van der Waals surface area contributed by atoms with E-state index in [9.17, 15) is 4.79 Å². The molecule has 20 heavy (non-hydrogen) atoms. The van der Waals surface area contributed by atoms with Crippen molar-refractivity contribution in [1.82, 2.24) is 5.32 Å². The minimum absolute atomic E-state index is 0.392. The van der Waals surface area contributed by atoms with E-state index in [0.717, 1.165) is 36.2 Å². The zero-order chi connectivity index (χ0) is 14.5. The number of primary amides is 1. The summed E-state index contributed by atoms with van der Waals surface area (Å²) in [5.41, 5.74) is 6.98. The monoisotopic (exact) mass is 339 g/mol. The van der Waals surface area contributed by atoms with Crippen LogP contribution in [0.3, 0.4) is 0 Å². The highest BCUT2D eigenvalue weighted by Gasteiger charge is 2.19. The summed E-state index contributed by atoms with van der Waals surface area (Å²) in [6.45, 7) is 5.31. The van der Waals surface area contributed by atoms with Crippen LogP contribution in [0.1, 0.15) is 36.5 Å². The Morgan fingerprint density at radius 3 is 2.90 bits per heavy atom. The van der Waals surface area contributed by atoms with E-state index in [0.29, 0.717) is 11.6 Å². The molecule has 1 aliphatic rings. The van der Waals surface area contributed by atoms with E-state index >= 15 is 0 Å². The molecule has 1 fully saturated rings. The summed E-state index contributed by atoms with van der Waals surface area (Å²) in [7, 11) is 0. The lowest BCUT2D eigenvalue weighted by atomic mass is 10.1. The summed E-state index contributed by atoms with van der Waals surface area (Å²) in [5, 5.41) is 3.53. The van der Waals surface area contributed by atoms with Gasteiger partial charge >= 0.3 is 0 Å². The fraction of sp³-hybridized carbons (Fsp3) is 0.533. The van der Waals surface area contributed by atoms with Gasteiger partial charge in [-0.05, 0) is 59.9 Å². The van der Waals surface area contributed by atoms with Crippen LogP contribution in [0, 0.1) is 0 Å². The second-order valence-corrected chi connectivity index (χ2v) is 6.12. The lowest BCUT2D eigenvalue weighted by molar-refractivity contribution is 0.100. The molecule has 1 amide bonds. The first kappa shape index (κ1) is 15.3. The normalized spacial score (nSPS) is 18.2. The first-order chi connectivity index (χ1) is 9.61. The molecule has 2 rings (SSSR count). The van der Waals surface area contributed by atoms with E-state index in [1.165, 1.54) is 12.8 Å². The Labute approximate surface area is 128 Å². The van der Waals surface area contributed by atoms with E-state index in [4.69, 9.17) is 5.73 Å². The number of nitrogens with zero attached hydrogens (tertiary/aromatic N) is 1. The van der Waals surface area contributed by atoms with Gasteiger partial charge in [-0.15, -0.1) is 0 Å². The highest BCUT2D eigenvalue weighted by atomic mass is 79.9. The Hall–Kier alpha value is -1.07. The van der Waals surface area contributed by atoms with E-state index in [1.54, 1.807) is 6.07 Å². The molecule has 110 valence electrons. The number of amides is 1. The maximum atomic E-state index is 11.2. The van der Waals surface area contributed by atoms with Crippen molar-refractivity contribution in [3.63, 3.8) is 0 Å². The number of nitrogens with two attached hydrogens (primary N) is 1. The molecule has 1 aliphatic heterocycles. The van der Waals surface area contributed by atoms with Crippen molar-refractivity contribution in [2.24, 2.45) is 5.73 Å². The van der Waals surface area contributed by atoms with Gasteiger partial charge in [0.25, 0.3) is 0 Å². The largest absolute Gasteiger partial charge is 0.369 e. The van der Waals surface area contributed by atoms with Crippen LogP contribution in [-0.4, -0.2) is 31.6 Å². The third-order valence-corrected chi connectivity index (χ3v) is 4.30. The molecule has 1 saturated heterocycles. The van der Waals surface area contributed by atoms with Gasteiger partial charge in [-0.1, -0.05) is 6.92 Å². The molecule has 1 heterocycles. The zero-order valence-corrected chi connectivity index (χ0v) is 13.4. The molecule has 0 spiro atoms. The number of halogens is 1. The molecule has 0 radical (unpaired) electrons. The van der Waals surface area contributed by atoms with Gasteiger partial charge in [-0.25, -0.2) is 0 Å². The van der Waals surface area contributed by atoms with Crippen LogP contribution >= 0.6 is 15.9 Å². The maximum Gasteiger partial charge on any atom is 0.248 e. The number of benzene rings is 1. The molecule has 0 aliphatic carbocycles. The number of hydrogen-bond acceptors (Lipinski definition) is 3. The molecule has 3 N–H and O–H groups in total. The topological polar surface area (TPSA) is 58.4 Å². The number of nitrogens with one attached hydrogen (secondary N) is 1. The summed E-state index contributed by atoms with van der Waals surface area (Å²) >= 11 is 3.57. The summed E-state index contributed by atoms with van der Waals surface area (Å²) in [6.07, 6.45) is 3.58. The average molecular weight is 340 g/mol. The molecular weight excluding hydrogens is 318 g/mol. The van der Waals surface area contributed by atoms with Gasteiger partial charge in [0.15, 0.2) is 0 Å². The van der Waals surface area contributed by atoms with Crippen molar-refractivity contribution < 1.29 is 4.79 Å². The quantitative estimate of drug-likeness (QED) is 0.837. The fourth-order valence-corrected chi connectivity index (χ4v) is 3.30. The van der Waals surface area contributed by atoms with Gasteiger partial charge in [-0.2, -0.15) is 0 Å². The number of carbonyl (C=O) groups excluding carboxylic acids is 1. The Bertz CT molecular complexity index is 472. The Balaban J connectivity index is 2.17. The third-order valence-electron chi connectivity index (χ3n) is 3.67. The van der Waals surface area contributed by atoms with Gasteiger partial charge < -0.3 is 16.0 Å². The van der Waals surface area contributed by atoms with E-state index in [2.05, 4.69) is 33.1 Å². The fourth-order valence-electron chi connectivity index (χ4n) is 2.68. The van der Waals surface area contributed by atoms with E-state index in [1.807, 2.05) is 12.1 Å². The van der Waals surface area contributed by atoms with Crippen molar-refractivity contribution in [2.45, 2.75) is 32.2 Å². The standard InChI is InChI=1S/C15H22BrN3O/c1-2-8-19(10-12-4-3-7-18-12)14-6-5-11(15(17)20)9-13(14)16/h5-6,9,12,18H,2-4,7-8,10H2,1H3,(H2,17,20). The number of anilines is 1. The van der Waals surface area contributed by atoms with Crippen molar-refractivity contribution in [1.29, 1.82) is 0 Å². The average Bonchev–Trinajstić information content (AvgIpc) is 2.91. The van der Waals surface area contributed by atoms with Gasteiger partial charge in [0, 0.05) is 29.2 Å². The molecule has 1 unspecified atom stereocenters. The van der Waals surface area contributed by atoms with Gasteiger partial charge in [0.05, 0.1) is 5.69 Å². The van der Waals surface area contributed by atoms with E-state index in [-0.39, 0.29) is 0 Å². The maximum absolute atomic E-state index is 11.2. The minimum atomic E-state index is -0.392. The first-order valence-electron chi connectivity index (χ1n) is 7.19. The van der Waals surface area contributed by atoms with Crippen LogP contribution in [0.4, 0.5) is 5.69 Å². The van der Waals surface area contributed by atoms with Gasteiger partial charge in [0.2, 0.25) is 5.91 Å². The van der Waals surface area contributed by atoms with Crippen molar-refractivity contribution in [3.05, 3.63) is 28.2 Å². The predicted molar refractivity (Wildman–Crippen MR) is 86.2 cm³/mol. The van der Waals surface area contributed by atoms with Crippen LogP contribution < -0.4 is 16.0 Å². The smallest absolute Gasteiger partial charge is 0.248 e. The number of carbonyl (C=O) groups is 1. The Morgan fingerprint density at radius 2 is 2.35 bits per heavy atom. The van der Waals surface area contributed by atoms with Gasteiger partial charge in [0.1, 0.15) is 0 Å². The van der Waals surface area contributed by atoms with Crippen LogP contribution in [0.2, 0.25) is 0 Å². The molecule has 1 aromatic carbocycles. The molecule has 0 bridgehead atoms. The Morgan fingerprint density at radius 1 is 1.55 bits per heavy atom. The highest BCUT2D eigenvalue weighted by Crippen LogP contribution is 2.28. The van der Waals surface area contributed by atoms with Crippen molar-refractivity contribution in [3.8, 4) is 0 Å². The molecule has 0 saturated carbocycles. The molecule has 5 heteroatoms. The van der Waals surface area contributed by atoms with Crippen LogP contribution in [0.5, 0.6) is 0 Å². The summed E-state index contributed by atoms with van der Waals surface area (Å²) in [6, 6.07) is 6.15. The minimum Gasteiger partial charge on any atom is -0.369 e. The van der Waals surface area contributed by atoms with E-state index < -0.39 is 5.91 Å². The number of hydrogen-bond donors (Lipinski definition) is 2. The zero-order valence-electron chi connectivity index (χ0n) is 11.9. The number of rotatable bonds is 6. The SMILES string of the molecule is CCCN(CC1CCCN1)c1ccc(C(N)=O)cc1Br. The van der Waals surface area contributed by atoms with Crippen LogP contribution in [0.15, 0.2) is 22.7 Å². The molecular formula is C15H22BrN3O. The van der Waals surface area contributed by atoms with Gasteiger partial charge in [-0.3, -0.25) is 4.79 Å².